The van der Waals surface area contributed by atoms with Crippen LogP contribution in [0.25, 0.3) is 0 Å². The van der Waals surface area contributed by atoms with E-state index in [-0.39, 0.29) is 12.4 Å². The second kappa shape index (κ2) is 53.4. The lowest BCUT2D eigenvalue weighted by molar-refractivity contribution is -0.927. The van der Waals surface area contributed by atoms with Gasteiger partial charge in [-0.1, -0.05) is 290 Å². The summed E-state index contributed by atoms with van der Waals surface area (Å²) >= 11 is 0. The monoisotopic (exact) mass is 838 g/mol. The van der Waals surface area contributed by atoms with E-state index in [1.54, 1.807) is 0 Å². The third kappa shape index (κ3) is 47.3. The molecule has 352 valence electrons. The molecule has 0 saturated carbocycles. The molecule has 58 heavy (non-hydrogen) atoms. The first-order valence-corrected chi connectivity index (χ1v) is 28.1. The summed E-state index contributed by atoms with van der Waals surface area (Å²) in [5.74, 6) is 0. The summed E-state index contributed by atoms with van der Waals surface area (Å²) in [4.78, 5) is 0. The molecule has 0 aromatic rings. The molecule has 0 aliphatic carbocycles. The lowest BCUT2D eigenvalue weighted by Crippen LogP contribution is -3.00. The van der Waals surface area contributed by atoms with Gasteiger partial charge in [-0.25, -0.2) is 0 Å². The number of nitrogens with zero attached hydrogens (tertiary/aromatic N) is 1. The van der Waals surface area contributed by atoms with Gasteiger partial charge in [0.15, 0.2) is 0 Å². The quantitative estimate of drug-likeness (QED) is 0.0423. The Hall–Kier alpha value is 0.250. The fourth-order valence-corrected chi connectivity index (χ4v) is 9.80. The van der Waals surface area contributed by atoms with Crippen LogP contribution in [0.4, 0.5) is 0 Å². The highest BCUT2D eigenvalue weighted by molar-refractivity contribution is 4.56. The second-order valence-electron chi connectivity index (χ2n) is 19.7. The highest BCUT2D eigenvalue weighted by atomic mass is 35.5. The Bertz CT molecular complexity index is 604. The molecule has 0 bridgehead atoms. The molecule has 0 saturated heterocycles. The molecular weight excluding hydrogens is 722 g/mol. The highest BCUT2D eigenvalue weighted by Gasteiger charge is 2.24. The number of halogens is 1. The third-order valence-electron chi connectivity index (χ3n) is 14.1. The molecule has 0 heterocycles. The van der Waals surface area contributed by atoms with Gasteiger partial charge in [0.1, 0.15) is 0 Å². The maximum atomic E-state index is 2.53. The van der Waals surface area contributed by atoms with Crippen molar-refractivity contribution in [1.82, 2.24) is 0 Å². The molecule has 0 atom stereocenters. The van der Waals surface area contributed by atoms with Crippen LogP contribution in [0.3, 0.4) is 0 Å². The first-order chi connectivity index (χ1) is 28.2. The number of hydrogen-bond donors (Lipinski definition) is 0. The molecule has 2 heteroatoms. The molecule has 0 radical (unpaired) electrons. The van der Waals surface area contributed by atoms with E-state index in [2.05, 4.69) is 27.7 Å². The predicted molar refractivity (Wildman–Crippen MR) is 264 cm³/mol. The van der Waals surface area contributed by atoms with Gasteiger partial charge in [0, 0.05) is 0 Å². The van der Waals surface area contributed by atoms with Crippen molar-refractivity contribution in [3.63, 3.8) is 0 Å². The molecule has 0 spiro atoms. The number of quaternary nitrogens is 1. The molecule has 0 amide bonds. The maximum Gasteiger partial charge on any atom is 0.0786 e. The zero-order valence-corrected chi connectivity index (χ0v) is 42.4. The van der Waals surface area contributed by atoms with E-state index >= 15 is 0 Å². The van der Waals surface area contributed by atoms with E-state index in [1.807, 2.05) is 0 Å². The highest BCUT2D eigenvalue weighted by Crippen LogP contribution is 2.21. The van der Waals surface area contributed by atoms with Crippen LogP contribution < -0.4 is 12.4 Å². The largest absolute Gasteiger partial charge is 1.00 e. The minimum atomic E-state index is 0. The van der Waals surface area contributed by atoms with Crippen molar-refractivity contribution in [2.75, 3.05) is 26.2 Å². The van der Waals surface area contributed by atoms with E-state index in [0.29, 0.717) is 0 Å². The van der Waals surface area contributed by atoms with Gasteiger partial charge in [0.2, 0.25) is 0 Å². The van der Waals surface area contributed by atoms with Crippen molar-refractivity contribution in [2.24, 2.45) is 0 Å². The summed E-state index contributed by atoms with van der Waals surface area (Å²) in [6, 6.07) is 0. The summed E-state index contributed by atoms with van der Waals surface area (Å²) in [6.45, 7) is 15.3. The van der Waals surface area contributed by atoms with Crippen LogP contribution >= 0.6 is 0 Å². The van der Waals surface area contributed by atoms with Gasteiger partial charge in [-0.2, -0.15) is 0 Å². The van der Waals surface area contributed by atoms with E-state index in [4.69, 9.17) is 0 Å². The van der Waals surface area contributed by atoms with E-state index < -0.39 is 0 Å². The normalized spacial score (nSPS) is 11.8. The maximum absolute atomic E-state index is 2.53. The average molecular weight is 839 g/mol. The molecule has 0 aliphatic rings. The minimum Gasteiger partial charge on any atom is -1.00 e. The standard InChI is InChI=1S/C56H116N.ClH/c1-5-9-12-15-18-21-24-27-30-33-36-39-42-45-48-51-54-57(8-4,55-52-49-46-43-40-37-34-31-28-25-22-19-16-13-10-6-2)56-53-50-47-44-41-38-35-32-29-26-23-20-17-14-11-7-3;/h5-56H2,1-4H3;1H/q+1;/p-1. The molecule has 0 fully saturated rings. The predicted octanol–water partition coefficient (Wildman–Crippen LogP) is 17.6. The van der Waals surface area contributed by atoms with Gasteiger partial charge in [-0.05, 0) is 45.4 Å². The Morgan fingerprint density at radius 3 is 0.414 bits per heavy atom. The van der Waals surface area contributed by atoms with Crippen molar-refractivity contribution in [2.45, 2.75) is 336 Å². The summed E-state index contributed by atoms with van der Waals surface area (Å²) in [7, 11) is 0. The van der Waals surface area contributed by atoms with Gasteiger partial charge in [-0.15, -0.1) is 0 Å². The Balaban J connectivity index is 0. The zero-order valence-electron chi connectivity index (χ0n) is 41.6. The van der Waals surface area contributed by atoms with Gasteiger partial charge in [0.25, 0.3) is 0 Å². The smallest absolute Gasteiger partial charge is 0.0786 e. The van der Waals surface area contributed by atoms with Crippen LogP contribution in [0.15, 0.2) is 0 Å². The molecule has 0 aromatic carbocycles. The van der Waals surface area contributed by atoms with Crippen molar-refractivity contribution in [1.29, 1.82) is 0 Å². The molecule has 0 unspecified atom stereocenters. The number of unbranched alkanes of at least 4 members (excludes halogenated alkanes) is 45. The molecular formula is C56H116ClN. The zero-order chi connectivity index (χ0) is 41.3. The summed E-state index contributed by atoms with van der Waals surface area (Å²) < 4.78 is 1.44. The lowest BCUT2D eigenvalue weighted by Gasteiger charge is -2.38. The Kier molecular flexibility index (Phi) is 55.5. The van der Waals surface area contributed by atoms with Crippen LogP contribution in [0.1, 0.15) is 336 Å². The van der Waals surface area contributed by atoms with Gasteiger partial charge in [0.05, 0.1) is 26.2 Å². The SMILES string of the molecule is CCCCCCCCCCCCCCCCCC[N+](CC)(CCCCCCCCCCCCCCCCCC)CCCCCCCCCCCCCCCCCC.[Cl-]. The van der Waals surface area contributed by atoms with E-state index in [1.165, 1.54) is 339 Å². The van der Waals surface area contributed by atoms with Crippen molar-refractivity contribution in [3.8, 4) is 0 Å². The third-order valence-corrected chi connectivity index (χ3v) is 14.1. The Morgan fingerprint density at radius 1 is 0.172 bits per heavy atom. The van der Waals surface area contributed by atoms with Crippen molar-refractivity contribution >= 4 is 0 Å². The van der Waals surface area contributed by atoms with Gasteiger partial charge in [-0.3, -0.25) is 0 Å². The van der Waals surface area contributed by atoms with E-state index in [9.17, 15) is 0 Å². The number of hydrogen-bond acceptors (Lipinski definition) is 0. The van der Waals surface area contributed by atoms with Crippen LogP contribution in [0.2, 0.25) is 0 Å². The summed E-state index contributed by atoms with van der Waals surface area (Å²) in [6.07, 6.45) is 70.8. The van der Waals surface area contributed by atoms with Crippen molar-refractivity contribution < 1.29 is 16.9 Å². The molecule has 0 N–H and O–H groups in total. The topological polar surface area (TPSA) is 0 Å². The first kappa shape index (κ1) is 60.3. The molecule has 0 aromatic heterocycles. The minimum absolute atomic E-state index is 0. The molecule has 0 rings (SSSR count). The fourth-order valence-electron chi connectivity index (χ4n) is 9.80. The first-order valence-electron chi connectivity index (χ1n) is 28.1. The van der Waals surface area contributed by atoms with Crippen LogP contribution in [-0.2, 0) is 0 Å². The summed E-state index contributed by atoms with van der Waals surface area (Å²) in [5.41, 5.74) is 0. The summed E-state index contributed by atoms with van der Waals surface area (Å²) in [5, 5.41) is 0. The second-order valence-corrected chi connectivity index (χ2v) is 19.7. The van der Waals surface area contributed by atoms with Gasteiger partial charge < -0.3 is 16.9 Å². The van der Waals surface area contributed by atoms with Crippen LogP contribution in [0, 0.1) is 0 Å². The van der Waals surface area contributed by atoms with E-state index in [0.717, 1.165) is 0 Å². The van der Waals surface area contributed by atoms with Crippen molar-refractivity contribution in [3.05, 3.63) is 0 Å². The molecule has 1 nitrogen and oxygen atoms in total. The number of rotatable bonds is 52. The molecule has 0 aliphatic heterocycles. The van der Waals surface area contributed by atoms with Crippen LogP contribution in [-0.4, -0.2) is 30.7 Å². The fraction of sp³-hybridized carbons (Fsp3) is 1.00. The van der Waals surface area contributed by atoms with Crippen LogP contribution in [0.5, 0.6) is 0 Å². The lowest BCUT2D eigenvalue weighted by atomic mass is 10.0. The Labute approximate surface area is 377 Å². The Morgan fingerprint density at radius 2 is 0.293 bits per heavy atom. The average Bonchev–Trinajstić information content (AvgIpc) is 3.22. The van der Waals surface area contributed by atoms with Gasteiger partial charge >= 0.3 is 0 Å².